The summed E-state index contributed by atoms with van der Waals surface area (Å²) in [5, 5.41) is 9.53. The molecule has 0 aliphatic heterocycles. The van der Waals surface area contributed by atoms with Gasteiger partial charge >= 0.3 is 0 Å². The van der Waals surface area contributed by atoms with Gasteiger partial charge in [0, 0.05) is 6.07 Å². The van der Waals surface area contributed by atoms with Gasteiger partial charge < -0.3 is 4.74 Å². The van der Waals surface area contributed by atoms with Crippen LogP contribution in [-0.2, 0) is 0 Å². The topological polar surface area (TPSA) is 58.8 Å². The highest BCUT2D eigenvalue weighted by molar-refractivity contribution is 6.43. The minimum atomic E-state index is 0.197. The van der Waals surface area contributed by atoms with Crippen molar-refractivity contribution in [1.29, 1.82) is 5.26 Å². The van der Waals surface area contributed by atoms with E-state index >= 15 is 0 Å². The SMILES string of the molecule is N#Cc1cnc(Oc2cc(Cl)c(Cl)cc2Cl)cn1. The first-order valence-corrected chi connectivity index (χ1v) is 5.78. The minimum absolute atomic E-state index is 0.197. The van der Waals surface area contributed by atoms with Crippen molar-refractivity contribution in [3.8, 4) is 17.7 Å². The number of nitriles is 1. The summed E-state index contributed by atoms with van der Waals surface area (Å²) in [4.78, 5) is 7.71. The highest BCUT2D eigenvalue weighted by Crippen LogP contribution is 2.35. The number of benzene rings is 1. The molecular formula is C11H4Cl3N3O. The Morgan fingerprint density at radius 2 is 1.72 bits per heavy atom. The molecule has 0 bridgehead atoms. The van der Waals surface area contributed by atoms with Crippen LogP contribution < -0.4 is 4.74 Å². The third kappa shape index (κ3) is 2.82. The van der Waals surface area contributed by atoms with Gasteiger partial charge in [0.25, 0.3) is 0 Å². The molecule has 0 aliphatic carbocycles. The largest absolute Gasteiger partial charge is 0.436 e. The third-order valence-corrected chi connectivity index (χ3v) is 2.95. The predicted molar refractivity (Wildman–Crippen MR) is 68.3 cm³/mol. The zero-order chi connectivity index (χ0) is 13.1. The van der Waals surface area contributed by atoms with Crippen LogP contribution in [0.15, 0.2) is 24.5 Å². The van der Waals surface area contributed by atoms with Crippen molar-refractivity contribution >= 4 is 34.8 Å². The summed E-state index contributed by atoms with van der Waals surface area (Å²) >= 11 is 17.6. The number of ether oxygens (including phenoxy) is 1. The summed E-state index contributed by atoms with van der Waals surface area (Å²) in [5.74, 6) is 0.513. The molecule has 7 heteroatoms. The van der Waals surface area contributed by atoms with Crippen LogP contribution in [-0.4, -0.2) is 9.97 Å². The van der Waals surface area contributed by atoms with E-state index in [0.29, 0.717) is 20.8 Å². The average Bonchev–Trinajstić information content (AvgIpc) is 2.37. The van der Waals surface area contributed by atoms with E-state index in [2.05, 4.69) is 9.97 Å². The standard InChI is InChI=1S/C11H4Cl3N3O/c12-7-1-9(14)10(2-8(7)13)18-11-5-16-6(3-15)4-17-11/h1-2,4-5H. The van der Waals surface area contributed by atoms with Crippen LogP contribution in [0.3, 0.4) is 0 Å². The van der Waals surface area contributed by atoms with E-state index in [0.717, 1.165) is 0 Å². The Morgan fingerprint density at radius 3 is 2.33 bits per heavy atom. The van der Waals surface area contributed by atoms with Gasteiger partial charge in [-0.15, -0.1) is 0 Å². The highest BCUT2D eigenvalue weighted by atomic mass is 35.5. The number of hydrogen-bond acceptors (Lipinski definition) is 4. The average molecular weight is 301 g/mol. The first kappa shape index (κ1) is 12.9. The lowest BCUT2D eigenvalue weighted by atomic mass is 10.3. The highest BCUT2D eigenvalue weighted by Gasteiger charge is 2.09. The molecule has 1 heterocycles. The molecule has 2 aromatic rings. The van der Waals surface area contributed by atoms with Crippen molar-refractivity contribution < 1.29 is 4.74 Å². The quantitative estimate of drug-likeness (QED) is 0.783. The number of hydrogen-bond donors (Lipinski definition) is 0. The van der Waals surface area contributed by atoms with E-state index in [1.54, 1.807) is 0 Å². The summed E-state index contributed by atoms with van der Waals surface area (Å²) in [7, 11) is 0. The second-order valence-corrected chi connectivity index (χ2v) is 4.37. The van der Waals surface area contributed by atoms with E-state index in [-0.39, 0.29) is 11.6 Å². The van der Waals surface area contributed by atoms with Crippen LogP contribution in [0.2, 0.25) is 15.1 Å². The summed E-state index contributed by atoms with van der Waals surface area (Å²) < 4.78 is 5.39. The van der Waals surface area contributed by atoms with Gasteiger partial charge in [-0.05, 0) is 6.07 Å². The molecule has 4 nitrogen and oxygen atoms in total. The number of halogens is 3. The Bertz CT molecular complexity index is 623. The lowest BCUT2D eigenvalue weighted by Gasteiger charge is -2.07. The number of aromatic nitrogens is 2. The first-order chi connectivity index (χ1) is 8.60. The van der Waals surface area contributed by atoms with Gasteiger partial charge in [-0.2, -0.15) is 5.26 Å². The molecule has 0 aliphatic rings. The lowest BCUT2D eigenvalue weighted by Crippen LogP contribution is -1.92. The molecule has 1 aromatic heterocycles. The Hall–Kier alpha value is -1.54. The van der Waals surface area contributed by atoms with Gasteiger partial charge in [0.15, 0.2) is 5.69 Å². The maximum Gasteiger partial charge on any atom is 0.237 e. The van der Waals surface area contributed by atoms with E-state index in [4.69, 9.17) is 44.8 Å². The fourth-order valence-electron chi connectivity index (χ4n) is 1.12. The fourth-order valence-corrected chi connectivity index (χ4v) is 1.70. The van der Waals surface area contributed by atoms with Gasteiger partial charge in [0.05, 0.1) is 27.5 Å². The molecule has 1 aromatic carbocycles. The maximum atomic E-state index is 8.58. The normalized spacial score (nSPS) is 9.89. The van der Waals surface area contributed by atoms with E-state index in [1.807, 2.05) is 6.07 Å². The summed E-state index contributed by atoms with van der Waals surface area (Å²) in [6.07, 6.45) is 2.61. The zero-order valence-corrected chi connectivity index (χ0v) is 11.0. The molecule has 90 valence electrons. The molecule has 0 atom stereocenters. The van der Waals surface area contributed by atoms with Crippen LogP contribution in [0.1, 0.15) is 5.69 Å². The molecule has 0 unspecified atom stereocenters. The van der Waals surface area contributed by atoms with Crippen molar-refractivity contribution in [1.82, 2.24) is 9.97 Å². The molecule has 0 spiro atoms. The van der Waals surface area contributed by atoms with E-state index < -0.39 is 0 Å². The summed E-state index contributed by atoms with van der Waals surface area (Å²) in [6.45, 7) is 0. The second kappa shape index (κ2) is 5.40. The molecule has 0 amide bonds. The van der Waals surface area contributed by atoms with Gasteiger partial charge in [-0.3, -0.25) is 0 Å². The lowest BCUT2D eigenvalue weighted by molar-refractivity contribution is 0.460. The Balaban J connectivity index is 2.28. The fraction of sp³-hybridized carbons (Fsp3) is 0. The van der Waals surface area contributed by atoms with Crippen LogP contribution in [0, 0.1) is 11.3 Å². The van der Waals surface area contributed by atoms with E-state index in [1.165, 1.54) is 24.5 Å². The van der Waals surface area contributed by atoms with Crippen molar-refractivity contribution in [3.05, 3.63) is 45.3 Å². The van der Waals surface area contributed by atoms with Gasteiger partial charge in [-0.25, -0.2) is 9.97 Å². The van der Waals surface area contributed by atoms with Crippen molar-refractivity contribution in [2.45, 2.75) is 0 Å². The van der Waals surface area contributed by atoms with Gasteiger partial charge in [-0.1, -0.05) is 34.8 Å². The summed E-state index contributed by atoms with van der Waals surface area (Å²) in [6, 6.07) is 4.80. The molecule has 0 saturated carbocycles. The Morgan fingerprint density at radius 1 is 1.00 bits per heavy atom. The second-order valence-electron chi connectivity index (χ2n) is 3.15. The zero-order valence-electron chi connectivity index (χ0n) is 8.69. The Labute approximate surface area is 118 Å². The van der Waals surface area contributed by atoms with E-state index in [9.17, 15) is 0 Å². The molecule has 2 rings (SSSR count). The maximum absolute atomic E-state index is 8.58. The van der Waals surface area contributed by atoms with Gasteiger partial charge in [0.2, 0.25) is 5.88 Å². The minimum Gasteiger partial charge on any atom is -0.436 e. The van der Waals surface area contributed by atoms with Crippen molar-refractivity contribution in [2.75, 3.05) is 0 Å². The van der Waals surface area contributed by atoms with Crippen LogP contribution in [0.5, 0.6) is 11.6 Å². The number of rotatable bonds is 2. The molecule has 0 N–H and O–H groups in total. The third-order valence-electron chi connectivity index (χ3n) is 1.93. The molecule has 0 fully saturated rings. The van der Waals surface area contributed by atoms with Crippen molar-refractivity contribution in [2.24, 2.45) is 0 Å². The van der Waals surface area contributed by atoms with Crippen LogP contribution in [0.25, 0.3) is 0 Å². The molecule has 18 heavy (non-hydrogen) atoms. The van der Waals surface area contributed by atoms with Crippen LogP contribution in [0.4, 0.5) is 0 Å². The van der Waals surface area contributed by atoms with Crippen LogP contribution >= 0.6 is 34.8 Å². The summed E-state index contributed by atoms with van der Waals surface area (Å²) in [5.41, 5.74) is 0.197. The molecule has 0 saturated heterocycles. The Kier molecular flexibility index (Phi) is 3.87. The number of nitrogens with zero attached hydrogens (tertiary/aromatic N) is 3. The molecule has 0 radical (unpaired) electrons. The molecular weight excluding hydrogens is 296 g/mol. The van der Waals surface area contributed by atoms with Gasteiger partial charge in [0.1, 0.15) is 11.8 Å². The predicted octanol–water partition coefficient (Wildman–Crippen LogP) is 4.10. The van der Waals surface area contributed by atoms with Crippen molar-refractivity contribution in [3.63, 3.8) is 0 Å². The monoisotopic (exact) mass is 299 g/mol. The first-order valence-electron chi connectivity index (χ1n) is 4.64. The smallest absolute Gasteiger partial charge is 0.237 e.